The van der Waals surface area contributed by atoms with E-state index in [-0.39, 0.29) is 10.7 Å². The molecule has 0 bridgehead atoms. The first-order chi connectivity index (χ1) is 14.0. The van der Waals surface area contributed by atoms with Crippen LogP contribution < -0.4 is 11.1 Å². The van der Waals surface area contributed by atoms with Crippen molar-refractivity contribution >= 4 is 36.5 Å². The molecule has 2 heterocycles. The zero-order valence-electron chi connectivity index (χ0n) is 15.6. The lowest BCUT2D eigenvalue weighted by atomic mass is 9.98. The number of nitrogens with zero attached hydrogens (tertiary/aromatic N) is 4. The molecule has 9 nitrogen and oxygen atoms in total. The quantitative estimate of drug-likeness (QED) is 0.380. The summed E-state index contributed by atoms with van der Waals surface area (Å²) in [4.78, 5) is 4.89. The van der Waals surface area contributed by atoms with Gasteiger partial charge in [0.15, 0.2) is 20.8 Å². The van der Waals surface area contributed by atoms with Gasteiger partial charge in [-0.25, -0.2) is 18.5 Å². The fraction of sp³-hybridized carbons (Fsp3) is 0.222. The second-order valence-corrected chi connectivity index (χ2v) is 9.46. The van der Waals surface area contributed by atoms with E-state index >= 15 is 0 Å². The Kier molecular flexibility index (Phi) is 5.26. The van der Waals surface area contributed by atoms with Gasteiger partial charge in [-0.15, -0.1) is 5.10 Å². The SMILES string of the molecule is CS(=O)(=O)c1cccc(-c2cccc3sc(NCCCN)nc23)c1-c1nnn[nH]1. The molecule has 0 aliphatic heterocycles. The van der Waals surface area contributed by atoms with Crippen LogP contribution in [0.25, 0.3) is 32.7 Å². The number of rotatable bonds is 7. The molecule has 0 aliphatic carbocycles. The van der Waals surface area contributed by atoms with Crippen molar-refractivity contribution in [3.63, 3.8) is 0 Å². The Morgan fingerprint density at radius 3 is 2.69 bits per heavy atom. The highest BCUT2D eigenvalue weighted by Crippen LogP contribution is 2.40. The van der Waals surface area contributed by atoms with E-state index in [4.69, 9.17) is 10.7 Å². The molecule has 150 valence electrons. The summed E-state index contributed by atoms with van der Waals surface area (Å²) < 4.78 is 25.9. The number of aromatic amines is 1. The van der Waals surface area contributed by atoms with Crippen LogP contribution in [0.3, 0.4) is 0 Å². The highest BCUT2D eigenvalue weighted by atomic mass is 32.2. The number of benzene rings is 2. The monoisotopic (exact) mass is 429 g/mol. The molecule has 4 N–H and O–H groups in total. The minimum Gasteiger partial charge on any atom is -0.361 e. The third kappa shape index (κ3) is 3.84. The van der Waals surface area contributed by atoms with E-state index in [1.54, 1.807) is 23.5 Å². The van der Waals surface area contributed by atoms with Gasteiger partial charge in [0.2, 0.25) is 0 Å². The average Bonchev–Trinajstić information content (AvgIpc) is 3.36. The molecule has 29 heavy (non-hydrogen) atoms. The van der Waals surface area contributed by atoms with Crippen LogP contribution in [-0.4, -0.2) is 53.4 Å². The van der Waals surface area contributed by atoms with Gasteiger partial charge in [-0.05, 0) is 41.1 Å². The van der Waals surface area contributed by atoms with E-state index in [9.17, 15) is 8.42 Å². The maximum absolute atomic E-state index is 12.4. The number of aromatic nitrogens is 5. The third-order valence-electron chi connectivity index (χ3n) is 4.37. The predicted molar refractivity (Wildman–Crippen MR) is 113 cm³/mol. The van der Waals surface area contributed by atoms with Gasteiger partial charge in [-0.3, -0.25) is 0 Å². The van der Waals surface area contributed by atoms with E-state index in [0.717, 1.165) is 33.9 Å². The smallest absolute Gasteiger partial charge is 0.183 e. The van der Waals surface area contributed by atoms with Gasteiger partial charge in [0, 0.05) is 23.9 Å². The summed E-state index contributed by atoms with van der Waals surface area (Å²) in [6.07, 6.45) is 2.02. The van der Waals surface area contributed by atoms with Crippen LogP contribution in [0.1, 0.15) is 6.42 Å². The maximum Gasteiger partial charge on any atom is 0.183 e. The van der Waals surface area contributed by atoms with Crippen molar-refractivity contribution in [2.45, 2.75) is 11.3 Å². The molecule has 2 aromatic carbocycles. The number of hydrogen-bond acceptors (Lipinski definition) is 9. The second kappa shape index (κ2) is 7.85. The third-order valence-corrected chi connectivity index (χ3v) is 6.49. The van der Waals surface area contributed by atoms with Crippen molar-refractivity contribution in [2.75, 3.05) is 24.7 Å². The fourth-order valence-corrected chi connectivity index (χ4v) is 4.93. The Morgan fingerprint density at radius 1 is 1.17 bits per heavy atom. The average molecular weight is 430 g/mol. The molecule has 0 saturated carbocycles. The van der Waals surface area contributed by atoms with Crippen molar-refractivity contribution in [3.8, 4) is 22.5 Å². The summed E-state index contributed by atoms with van der Waals surface area (Å²) in [7, 11) is -3.51. The van der Waals surface area contributed by atoms with Crippen LogP contribution in [0.5, 0.6) is 0 Å². The molecule has 0 atom stereocenters. The van der Waals surface area contributed by atoms with E-state index in [0.29, 0.717) is 17.7 Å². The molecule has 0 unspecified atom stereocenters. The number of thiazole rings is 1. The van der Waals surface area contributed by atoms with E-state index < -0.39 is 9.84 Å². The van der Waals surface area contributed by atoms with Gasteiger partial charge >= 0.3 is 0 Å². The normalized spacial score (nSPS) is 11.8. The molecule has 4 rings (SSSR count). The van der Waals surface area contributed by atoms with Crippen molar-refractivity contribution in [2.24, 2.45) is 5.73 Å². The lowest BCUT2D eigenvalue weighted by Gasteiger charge is -2.12. The molecule has 0 spiro atoms. The Hall–Kier alpha value is -2.89. The van der Waals surface area contributed by atoms with Crippen molar-refractivity contribution in [1.29, 1.82) is 0 Å². The number of para-hydroxylation sites is 1. The number of sulfone groups is 1. The number of hydrogen-bond donors (Lipinski definition) is 3. The topological polar surface area (TPSA) is 140 Å². The van der Waals surface area contributed by atoms with E-state index in [2.05, 4.69) is 25.9 Å². The van der Waals surface area contributed by atoms with Crippen LogP contribution in [0.2, 0.25) is 0 Å². The molecule has 11 heteroatoms. The summed E-state index contributed by atoms with van der Waals surface area (Å²) in [5.74, 6) is 0.287. The first kappa shape index (κ1) is 19.4. The van der Waals surface area contributed by atoms with Crippen LogP contribution in [0.15, 0.2) is 41.3 Å². The fourth-order valence-electron chi connectivity index (χ4n) is 3.11. The van der Waals surface area contributed by atoms with Crippen LogP contribution >= 0.6 is 11.3 Å². The Balaban J connectivity index is 1.92. The van der Waals surface area contributed by atoms with Gasteiger partial charge in [-0.1, -0.05) is 35.6 Å². The molecule has 0 amide bonds. The lowest BCUT2D eigenvalue weighted by Crippen LogP contribution is -2.08. The highest BCUT2D eigenvalue weighted by molar-refractivity contribution is 7.90. The summed E-state index contributed by atoms with van der Waals surface area (Å²) in [5, 5.41) is 18.0. The largest absolute Gasteiger partial charge is 0.361 e. The molecule has 0 saturated heterocycles. The van der Waals surface area contributed by atoms with Crippen molar-refractivity contribution < 1.29 is 8.42 Å². The van der Waals surface area contributed by atoms with Gasteiger partial charge in [0.1, 0.15) is 0 Å². The minimum absolute atomic E-state index is 0.155. The Labute approximate surface area is 171 Å². The number of anilines is 1. The van der Waals surface area contributed by atoms with Gasteiger partial charge < -0.3 is 11.1 Å². The summed E-state index contributed by atoms with van der Waals surface area (Å²) in [5.41, 5.74) is 8.27. The Bertz CT molecular complexity index is 1250. The second-order valence-electron chi connectivity index (χ2n) is 6.44. The molecule has 2 aromatic heterocycles. The lowest BCUT2D eigenvalue weighted by molar-refractivity contribution is 0.602. The zero-order chi connectivity index (χ0) is 20.4. The Morgan fingerprint density at radius 2 is 1.97 bits per heavy atom. The minimum atomic E-state index is -3.51. The van der Waals surface area contributed by atoms with Crippen molar-refractivity contribution in [1.82, 2.24) is 25.6 Å². The van der Waals surface area contributed by atoms with Gasteiger partial charge in [-0.2, -0.15) is 0 Å². The number of nitrogens with one attached hydrogen (secondary N) is 2. The molecular weight excluding hydrogens is 410 g/mol. The predicted octanol–water partition coefficient (Wildman–Crippen LogP) is 2.31. The first-order valence-electron chi connectivity index (χ1n) is 8.90. The summed E-state index contributed by atoms with van der Waals surface area (Å²) in [6, 6.07) is 10.9. The summed E-state index contributed by atoms with van der Waals surface area (Å²) >= 11 is 1.54. The molecular formula is C18H19N7O2S2. The van der Waals surface area contributed by atoms with Gasteiger partial charge in [0.25, 0.3) is 0 Å². The van der Waals surface area contributed by atoms with Crippen LogP contribution in [-0.2, 0) is 9.84 Å². The number of tetrazole rings is 1. The van der Waals surface area contributed by atoms with Gasteiger partial charge in [0.05, 0.1) is 15.1 Å². The highest BCUT2D eigenvalue weighted by Gasteiger charge is 2.23. The maximum atomic E-state index is 12.4. The number of H-pyrrole nitrogens is 1. The standard InChI is InChI=1S/C18H19N7O2S2/c1-29(26,27)14-8-3-5-11(15(14)17-22-24-25-23-17)12-6-2-7-13-16(12)21-18(28-13)20-10-4-9-19/h2-3,5-8H,4,9-10,19H2,1H3,(H,20,21)(H,22,23,24,25). The molecule has 4 aromatic rings. The van der Waals surface area contributed by atoms with Crippen molar-refractivity contribution in [3.05, 3.63) is 36.4 Å². The zero-order valence-corrected chi connectivity index (χ0v) is 17.2. The first-order valence-corrected chi connectivity index (χ1v) is 11.6. The van der Waals surface area contributed by atoms with E-state index in [1.165, 1.54) is 6.26 Å². The van der Waals surface area contributed by atoms with Crippen LogP contribution in [0, 0.1) is 0 Å². The number of fused-ring (bicyclic) bond motifs is 1. The summed E-state index contributed by atoms with van der Waals surface area (Å²) in [6.45, 7) is 1.35. The molecule has 0 radical (unpaired) electrons. The van der Waals surface area contributed by atoms with E-state index in [1.807, 2.05) is 24.3 Å². The van der Waals surface area contributed by atoms with Crippen LogP contribution in [0.4, 0.5) is 5.13 Å². The number of nitrogens with two attached hydrogens (primary N) is 1. The molecule has 0 fully saturated rings. The molecule has 0 aliphatic rings.